The van der Waals surface area contributed by atoms with Gasteiger partial charge >= 0.3 is 5.92 Å². The number of fused-ring (bicyclic) bond motifs is 2. The van der Waals surface area contributed by atoms with Gasteiger partial charge in [-0.15, -0.1) is 0 Å². The number of nitrogens with one attached hydrogen (secondary N) is 1. The first-order valence-electron chi connectivity index (χ1n) is 9.98. The SMILES string of the molecule is CS(=O)(=O)NC1CCCN2C(=O)C(F)(F)Cc3c(cccc3-c3ccccc3)CC12. The van der Waals surface area contributed by atoms with Crippen LogP contribution in [0.2, 0.25) is 0 Å². The van der Waals surface area contributed by atoms with Crippen LogP contribution < -0.4 is 4.72 Å². The number of amides is 1. The van der Waals surface area contributed by atoms with Gasteiger partial charge in [-0.3, -0.25) is 4.79 Å². The number of carbonyl (C=O) groups excluding carboxylic acids is 1. The lowest BCUT2D eigenvalue weighted by Gasteiger charge is -2.44. The number of sulfonamides is 1. The molecule has 30 heavy (non-hydrogen) atoms. The van der Waals surface area contributed by atoms with Crippen LogP contribution in [0.1, 0.15) is 24.0 Å². The van der Waals surface area contributed by atoms with Crippen LogP contribution in [0.4, 0.5) is 8.78 Å². The van der Waals surface area contributed by atoms with Gasteiger partial charge in [0.2, 0.25) is 10.0 Å². The molecule has 4 rings (SSSR count). The largest absolute Gasteiger partial charge is 0.333 e. The maximum atomic E-state index is 15.1. The second-order valence-corrected chi connectivity index (χ2v) is 9.88. The molecule has 0 aromatic heterocycles. The Morgan fingerprint density at radius 1 is 1.10 bits per heavy atom. The second kappa shape index (κ2) is 7.74. The number of halogens is 2. The summed E-state index contributed by atoms with van der Waals surface area (Å²) >= 11 is 0. The topological polar surface area (TPSA) is 66.5 Å². The number of benzene rings is 2. The summed E-state index contributed by atoms with van der Waals surface area (Å²) in [4.78, 5) is 14.0. The molecule has 2 aromatic carbocycles. The van der Waals surface area contributed by atoms with Gasteiger partial charge in [0.05, 0.1) is 12.3 Å². The Bertz CT molecular complexity index is 1060. The van der Waals surface area contributed by atoms with Crippen molar-refractivity contribution >= 4 is 15.9 Å². The number of hydrogen-bond donors (Lipinski definition) is 1. The van der Waals surface area contributed by atoms with E-state index in [1.165, 1.54) is 4.90 Å². The van der Waals surface area contributed by atoms with Gasteiger partial charge in [0, 0.05) is 19.0 Å². The minimum atomic E-state index is -3.56. The molecule has 1 N–H and O–H groups in total. The number of nitrogens with zero attached hydrogens (tertiary/aromatic N) is 1. The zero-order valence-electron chi connectivity index (χ0n) is 16.6. The van der Waals surface area contributed by atoms with Gasteiger partial charge in [-0.25, -0.2) is 13.1 Å². The number of piperidine rings is 1. The lowest BCUT2D eigenvalue weighted by atomic mass is 9.83. The van der Waals surface area contributed by atoms with Crippen LogP contribution in [-0.4, -0.2) is 50.0 Å². The molecule has 0 radical (unpaired) electrons. The third-order valence-electron chi connectivity index (χ3n) is 5.90. The summed E-state index contributed by atoms with van der Waals surface area (Å²) in [5.41, 5.74) is 2.66. The number of alkyl halides is 2. The first-order chi connectivity index (χ1) is 14.2. The van der Waals surface area contributed by atoms with Crippen molar-refractivity contribution in [3.8, 4) is 11.1 Å². The molecule has 2 aliphatic heterocycles. The number of hydrogen-bond acceptors (Lipinski definition) is 3. The Kier molecular flexibility index (Phi) is 5.40. The smallest absolute Gasteiger partial charge is 0.328 e. The van der Waals surface area contributed by atoms with E-state index in [0.29, 0.717) is 30.4 Å². The zero-order chi connectivity index (χ0) is 21.5. The van der Waals surface area contributed by atoms with Crippen LogP contribution in [0.3, 0.4) is 0 Å². The van der Waals surface area contributed by atoms with E-state index in [0.717, 1.165) is 17.4 Å². The minimum absolute atomic E-state index is 0.203. The van der Waals surface area contributed by atoms with Crippen LogP contribution in [0.5, 0.6) is 0 Å². The number of rotatable bonds is 3. The molecule has 0 spiro atoms. The molecule has 1 fully saturated rings. The van der Waals surface area contributed by atoms with Crippen molar-refractivity contribution in [1.29, 1.82) is 0 Å². The molecule has 1 amide bonds. The van der Waals surface area contributed by atoms with E-state index in [-0.39, 0.29) is 6.54 Å². The lowest BCUT2D eigenvalue weighted by molar-refractivity contribution is -0.162. The zero-order valence-corrected chi connectivity index (χ0v) is 17.5. The number of carbonyl (C=O) groups is 1. The van der Waals surface area contributed by atoms with Gasteiger partial charge in [-0.05, 0) is 41.5 Å². The average Bonchev–Trinajstić information content (AvgIpc) is 2.68. The Hall–Kier alpha value is -2.32. The normalized spacial score (nSPS) is 23.8. The van der Waals surface area contributed by atoms with Crippen molar-refractivity contribution in [1.82, 2.24) is 9.62 Å². The molecule has 2 atom stereocenters. The molecule has 2 aromatic rings. The Morgan fingerprint density at radius 2 is 1.83 bits per heavy atom. The molecule has 8 heteroatoms. The fourth-order valence-electron chi connectivity index (χ4n) is 4.63. The molecule has 2 unspecified atom stereocenters. The summed E-state index contributed by atoms with van der Waals surface area (Å²) in [5.74, 6) is -4.79. The fraction of sp³-hybridized carbons (Fsp3) is 0.409. The van der Waals surface area contributed by atoms with E-state index in [9.17, 15) is 13.2 Å². The van der Waals surface area contributed by atoms with Crippen molar-refractivity contribution in [3.63, 3.8) is 0 Å². The van der Waals surface area contributed by atoms with Crippen LogP contribution in [0.25, 0.3) is 11.1 Å². The van der Waals surface area contributed by atoms with E-state index in [2.05, 4.69) is 4.72 Å². The first kappa shape index (κ1) is 20.9. The highest BCUT2D eigenvalue weighted by molar-refractivity contribution is 7.88. The van der Waals surface area contributed by atoms with Gasteiger partial charge in [0.15, 0.2) is 0 Å². The Balaban J connectivity index is 1.83. The minimum Gasteiger partial charge on any atom is -0.333 e. The van der Waals surface area contributed by atoms with Crippen molar-refractivity contribution in [2.24, 2.45) is 0 Å². The first-order valence-corrected chi connectivity index (χ1v) is 11.9. The summed E-state index contributed by atoms with van der Waals surface area (Å²) in [5, 5.41) is 0. The second-order valence-electron chi connectivity index (χ2n) is 8.10. The molecule has 5 nitrogen and oxygen atoms in total. The van der Waals surface area contributed by atoms with Crippen molar-refractivity contribution < 1.29 is 22.0 Å². The van der Waals surface area contributed by atoms with Gasteiger partial charge in [-0.1, -0.05) is 48.5 Å². The lowest BCUT2D eigenvalue weighted by Crippen LogP contribution is -2.61. The Morgan fingerprint density at radius 3 is 2.53 bits per heavy atom. The highest BCUT2D eigenvalue weighted by atomic mass is 32.2. The quantitative estimate of drug-likeness (QED) is 0.808. The highest BCUT2D eigenvalue weighted by Gasteiger charge is 2.49. The van der Waals surface area contributed by atoms with Crippen LogP contribution in [0.15, 0.2) is 48.5 Å². The van der Waals surface area contributed by atoms with Gasteiger partial charge in [-0.2, -0.15) is 8.78 Å². The molecular weight excluding hydrogens is 410 g/mol. The molecular formula is C22H24F2N2O3S. The van der Waals surface area contributed by atoms with Crippen molar-refractivity contribution in [2.75, 3.05) is 12.8 Å². The summed E-state index contributed by atoms with van der Waals surface area (Å²) < 4.78 is 56.5. The fourth-order valence-corrected chi connectivity index (χ4v) is 5.45. The van der Waals surface area contributed by atoms with Crippen molar-refractivity contribution in [3.05, 3.63) is 59.7 Å². The third kappa shape index (κ3) is 4.11. The van der Waals surface area contributed by atoms with Crippen LogP contribution in [-0.2, 0) is 27.7 Å². The van der Waals surface area contributed by atoms with Gasteiger partial charge in [0.1, 0.15) is 0 Å². The Labute approximate surface area is 175 Å². The monoisotopic (exact) mass is 434 g/mol. The molecule has 1 saturated heterocycles. The maximum Gasteiger partial charge on any atom is 0.328 e. The third-order valence-corrected chi connectivity index (χ3v) is 6.63. The van der Waals surface area contributed by atoms with E-state index in [1.54, 1.807) is 12.1 Å². The molecule has 2 aliphatic rings. The van der Waals surface area contributed by atoms with Crippen LogP contribution in [0, 0.1) is 0 Å². The van der Waals surface area contributed by atoms with E-state index in [1.807, 2.05) is 36.4 Å². The molecule has 0 aliphatic carbocycles. The molecule has 0 saturated carbocycles. The maximum absolute atomic E-state index is 15.1. The average molecular weight is 435 g/mol. The predicted molar refractivity (Wildman–Crippen MR) is 111 cm³/mol. The summed E-state index contributed by atoms with van der Waals surface area (Å²) in [6.07, 6.45) is 1.68. The molecule has 160 valence electrons. The van der Waals surface area contributed by atoms with E-state index >= 15 is 8.78 Å². The van der Waals surface area contributed by atoms with E-state index < -0.39 is 40.4 Å². The molecule has 2 heterocycles. The van der Waals surface area contributed by atoms with Gasteiger partial charge in [0.25, 0.3) is 5.91 Å². The summed E-state index contributed by atoms with van der Waals surface area (Å²) in [7, 11) is -3.55. The highest BCUT2D eigenvalue weighted by Crippen LogP contribution is 2.37. The van der Waals surface area contributed by atoms with Crippen LogP contribution >= 0.6 is 0 Å². The van der Waals surface area contributed by atoms with E-state index in [4.69, 9.17) is 0 Å². The molecule has 0 bridgehead atoms. The summed E-state index contributed by atoms with van der Waals surface area (Å²) in [6, 6.07) is 13.4. The van der Waals surface area contributed by atoms with Gasteiger partial charge < -0.3 is 4.90 Å². The standard InChI is InChI=1S/C22H24F2N2O3S/c1-30(28,29)25-19-11-6-12-26-20(19)13-16-9-5-10-17(15-7-3-2-4-8-15)18(16)14-22(23,24)21(26)27/h2-5,7-10,19-20,25H,6,11-14H2,1H3. The predicted octanol–water partition coefficient (Wildman–Crippen LogP) is 3.00. The van der Waals surface area contributed by atoms with Crippen molar-refractivity contribution in [2.45, 2.75) is 43.7 Å². The summed E-state index contributed by atoms with van der Waals surface area (Å²) in [6.45, 7) is 0.203.